The van der Waals surface area contributed by atoms with Crippen LogP contribution in [0.1, 0.15) is 43.9 Å². The Morgan fingerprint density at radius 3 is 2.79 bits per heavy atom. The lowest BCUT2D eigenvalue weighted by molar-refractivity contribution is 0.133. The van der Waals surface area contributed by atoms with Gasteiger partial charge in [0.15, 0.2) is 0 Å². The minimum atomic E-state index is -0.401. The molecule has 1 fully saturated rings. The van der Waals surface area contributed by atoms with Gasteiger partial charge in [-0.2, -0.15) is 5.10 Å². The first-order chi connectivity index (χ1) is 9.08. The summed E-state index contributed by atoms with van der Waals surface area (Å²) in [5.41, 5.74) is 0.939. The average molecular weight is 330 g/mol. The lowest BCUT2D eigenvalue weighted by atomic mass is 9.98. The first kappa shape index (κ1) is 15.0. The van der Waals surface area contributed by atoms with Gasteiger partial charge >= 0.3 is 0 Å². The van der Waals surface area contributed by atoms with Gasteiger partial charge < -0.3 is 10.0 Å². The highest BCUT2D eigenvalue weighted by atomic mass is 79.9. The lowest BCUT2D eigenvalue weighted by Gasteiger charge is -2.18. The molecule has 1 aliphatic carbocycles. The van der Waals surface area contributed by atoms with E-state index in [1.807, 2.05) is 18.8 Å². The molecule has 1 heterocycles. The number of nitrogens with zero attached hydrogens (tertiary/aromatic N) is 3. The molecule has 1 aromatic heterocycles. The summed E-state index contributed by atoms with van der Waals surface area (Å²) < 4.78 is 2.86. The van der Waals surface area contributed by atoms with Crippen molar-refractivity contribution >= 4 is 15.9 Å². The van der Waals surface area contributed by atoms with Gasteiger partial charge in [-0.05, 0) is 42.4 Å². The van der Waals surface area contributed by atoms with Crippen LogP contribution in [0.4, 0.5) is 0 Å². The Kier molecular flexibility index (Phi) is 5.42. The smallest absolute Gasteiger partial charge is 0.0970 e. The molecule has 0 aromatic carbocycles. The van der Waals surface area contributed by atoms with Crippen molar-refractivity contribution in [2.45, 2.75) is 44.8 Å². The maximum Gasteiger partial charge on any atom is 0.0970 e. The third-order valence-corrected chi connectivity index (χ3v) is 4.55. The molecule has 108 valence electrons. The van der Waals surface area contributed by atoms with E-state index in [1.165, 1.54) is 25.7 Å². The molecule has 5 heteroatoms. The fourth-order valence-electron chi connectivity index (χ4n) is 2.85. The molecule has 0 amide bonds. The molecule has 1 aliphatic rings. The minimum Gasteiger partial charge on any atom is -0.387 e. The SMILES string of the molecule is CN(C)CCn1ncc(Br)c1C(O)CC1CCCC1. The van der Waals surface area contributed by atoms with E-state index in [-0.39, 0.29) is 0 Å². The Bertz CT molecular complexity index is 399. The van der Waals surface area contributed by atoms with Crippen molar-refractivity contribution in [3.8, 4) is 0 Å². The standard InChI is InChI=1S/C14H24BrN3O/c1-17(2)7-8-18-14(12(15)10-16-18)13(19)9-11-5-3-4-6-11/h10-11,13,19H,3-9H2,1-2H3. The lowest BCUT2D eigenvalue weighted by Crippen LogP contribution is -2.21. The molecule has 1 N–H and O–H groups in total. The second-order valence-corrected chi connectivity index (χ2v) is 6.66. The van der Waals surface area contributed by atoms with Gasteiger partial charge in [-0.3, -0.25) is 4.68 Å². The van der Waals surface area contributed by atoms with Gasteiger partial charge in [-0.15, -0.1) is 0 Å². The Balaban J connectivity index is 2.02. The summed E-state index contributed by atoms with van der Waals surface area (Å²) in [4.78, 5) is 2.13. The third kappa shape index (κ3) is 4.04. The monoisotopic (exact) mass is 329 g/mol. The minimum absolute atomic E-state index is 0.401. The number of hydrogen-bond donors (Lipinski definition) is 1. The first-order valence-corrected chi connectivity index (χ1v) is 7.91. The second kappa shape index (κ2) is 6.86. The predicted octanol–water partition coefficient (Wildman–Crippen LogP) is 2.82. The largest absolute Gasteiger partial charge is 0.387 e. The zero-order valence-electron chi connectivity index (χ0n) is 11.8. The average Bonchev–Trinajstić information content (AvgIpc) is 2.96. The number of halogens is 1. The fourth-order valence-corrected chi connectivity index (χ4v) is 3.41. The molecule has 0 radical (unpaired) electrons. The molecular formula is C14H24BrN3O. The maximum atomic E-state index is 10.5. The van der Waals surface area contributed by atoms with E-state index in [4.69, 9.17) is 0 Å². The topological polar surface area (TPSA) is 41.3 Å². The van der Waals surface area contributed by atoms with Crippen LogP contribution in [0.5, 0.6) is 0 Å². The Morgan fingerprint density at radius 2 is 2.16 bits per heavy atom. The second-order valence-electron chi connectivity index (χ2n) is 5.81. The Labute approximate surface area is 123 Å². The van der Waals surface area contributed by atoms with Crippen LogP contribution in [0.2, 0.25) is 0 Å². The molecule has 1 unspecified atom stereocenters. The van der Waals surface area contributed by atoms with Crippen LogP contribution < -0.4 is 0 Å². The molecule has 2 rings (SSSR count). The Morgan fingerprint density at radius 1 is 1.47 bits per heavy atom. The van der Waals surface area contributed by atoms with Gasteiger partial charge in [0.1, 0.15) is 0 Å². The van der Waals surface area contributed by atoms with E-state index in [1.54, 1.807) is 6.20 Å². The summed E-state index contributed by atoms with van der Waals surface area (Å²) >= 11 is 3.52. The Hall–Kier alpha value is -0.390. The zero-order valence-corrected chi connectivity index (χ0v) is 13.4. The number of aromatic nitrogens is 2. The van der Waals surface area contributed by atoms with Gasteiger partial charge in [-0.1, -0.05) is 25.7 Å². The summed E-state index contributed by atoms with van der Waals surface area (Å²) in [5.74, 6) is 0.680. The molecule has 0 bridgehead atoms. The van der Waals surface area contributed by atoms with E-state index >= 15 is 0 Å². The highest BCUT2D eigenvalue weighted by Crippen LogP contribution is 2.35. The summed E-state index contributed by atoms with van der Waals surface area (Å²) in [6.07, 6.45) is 7.43. The number of likely N-dealkylation sites (N-methyl/N-ethyl adjacent to an activating group) is 1. The molecule has 1 aromatic rings. The van der Waals surface area contributed by atoms with Crippen LogP contribution >= 0.6 is 15.9 Å². The number of rotatable bonds is 6. The highest BCUT2D eigenvalue weighted by Gasteiger charge is 2.24. The summed E-state index contributed by atoms with van der Waals surface area (Å²) in [6.45, 7) is 1.74. The van der Waals surface area contributed by atoms with Gasteiger partial charge in [0.25, 0.3) is 0 Å². The van der Waals surface area contributed by atoms with Gasteiger partial charge in [0.2, 0.25) is 0 Å². The van der Waals surface area contributed by atoms with E-state index in [0.717, 1.165) is 29.7 Å². The van der Waals surface area contributed by atoms with Crippen LogP contribution in [0.3, 0.4) is 0 Å². The zero-order chi connectivity index (χ0) is 13.8. The van der Waals surface area contributed by atoms with E-state index in [2.05, 4.69) is 25.9 Å². The van der Waals surface area contributed by atoms with Crippen molar-refractivity contribution in [1.82, 2.24) is 14.7 Å². The molecule has 0 saturated heterocycles. The van der Waals surface area contributed by atoms with E-state index < -0.39 is 6.10 Å². The van der Waals surface area contributed by atoms with Crippen LogP contribution in [0.15, 0.2) is 10.7 Å². The first-order valence-electron chi connectivity index (χ1n) is 7.12. The van der Waals surface area contributed by atoms with Crippen molar-refractivity contribution < 1.29 is 5.11 Å². The van der Waals surface area contributed by atoms with Crippen molar-refractivity contribution in [3.05, 3.63) is 16.4 Å². The van der Waals surface area contributed by atoms with Crippen molar-refractivity contribution in [3.63, 3.8) is 0 Å². The van der Waals surface area contributed by atoms with Crippen molar-refractivity contribution in [2.24, 2.45) is 5.92 Å². The molecule has 1 saturated carbocycles. The summed E-state index contributed by atoms with van der Waals surface area (Å²) in [6, 6.07) is 0. The molecule has 19 heavy (non-hydrogen) atoms. The van der Waals surface area contributed by atoms with Crippen LogP contribution in [-0.4, -0.2) is 40.4 Å². The van der Waals surface area contributed by atoms with E-state index in [0.29, 0.717) is 5.92 Å². The van der Waals surface area contributed by atoms with E-state index in [9.17, 15) is 5.11 Å². The van der Waals surface area contributed by atoms with Gasteiger partial charge in [0.05, 0.1) is 29.0 Å². The predicted molar refractivity (Wildman–Crippen MR) is 80.0 cm³/mol. The number of hydrogen-bond acceptors (Lipinski definition) is 3. The molecule has 0 aliphatic heterocycles. The quantitative estimate of drug-likeness (QED) is 0.872. The van der Waals surface area contributed by atoms with Crippen LogP contribution in [0, 0.1) is 5.92 Å². The number of aliphatic hydroxyl groups excluding tert-OH is 1. The third-order valence-electron chi connectivity index (χ3n) is 3.94. The van der Waals surface area contributed by atoms with Crippen LogP contribution in [-0.2, 0) is 6.54 Å². The summed E-state index contributed by atoms with van der Waals surface area (Å²) in [5, 5.41) is 14.9. The van der Waals surface area contributed by atoms with Crippen LogP contribution in [0.25, 0.3) is 0 Å². The normalized spacial score (nSPS) is 18.4. The molecule has 1 atom stereocenters. The summed E-state index contributed by atoms with van der Waals surface area (Å²) in [7, 11) is 4.10. The molecule has 0 spiro atoms. The number of aliphatic hydroxyl groups is 1. The van der Waals surface area contributed by atoms with Gasteiger partial charge in [-0.25, -0.2) is 0 Å². The fraction of sp³-hybridized carbons (Fsp3) is 0.786. The highest BCUT2D eigenvalue weighted by molar-refractivity contribution is 9.10. The molecular weight excluding hydrogens is 306 g/mol. The van der Waals surface area contributed by atoms with Crippen molar-refractivity contribution in [1.29, 1.82) is 0 Å². The maximum absolute atomic E-state index is 10.5. The van der Waals surface area contributed by atoms with Crippen molar-refractivity contribution in [2.75, 3.05) is 20.6 Å². The molecule has 4 nitrogen and oxygen atoms in total. The van der Waals surface area contributed by atoms with Gasteiger partial charge in [0, 0.05) is 6.54 Å².